The Morgan fingerprint density at radius 3 is 2.67 bits per heavy atom. The average molecular weight is 272 g/mol. The van der Waals surface area contributed by atoms with Crippen molar-refractivity contribution in [3.05, 3.63) is 0 Å². The molecule has 6 heteroatoms. The summed E-state index contributed by atoms with van der Waals surface area (Å²) in [6, 6.07) is -0.592. The molecule has 1 amide bonds. The van der Waals surface area contributed by atoms with Crippen LogP contribution in [-0.2, 0) is 9.59 Å². The summed E-state index contributed by atoms with van der Waals surface area (Å²) in [7, 11) is 0. The predicted molar refractivity (Wildman–Crippen MR) is 70.7 cm³/mol. The molecule has 0 radical (unpaired) electrons. The minimum atomic E-state index is -0.868. The lowest BCUT2D eigenvalue weighted by atomic mass is 10.2. The Hall–Kier alpha value is -0.750. The number of nitrogens with one attached hydrogen (secondary N) is 1. The Kier molecular flexibility index (Phi) is 4.88. The van der Waals surface area contributed by atoms with E-state index in [0.717, 1.165) is 32.4 Å². The molecule has 1 atom stereocenters. The largest absolute Gasteiger partial charge is 0.480 e. The molecule has 0 aromatic heterocycles. The van der Waals surface area contributed by atoms with E-state index in [4.69, 9.17) is 5.11 Å². The van der Waals surface area contributed by atoms with Crippen LogP contribution in [0.4, 0.5) is 0 Å². The van der Waals surface area contributed by atoms with E-state index in [1.54, 1.807) is 11.8 Å². The topological polar surface area (TPSA) is 69.6 Å². The zero-order valence-electron chi connectivity index (χ0n) is 10.4. The number of carbonyl (C=O) groups excluding carboxylic acids is 1. The molecule has 0 unspecified atom stereocenters. The highest BCUT2D eigenvalue weighted by Crippen LogP contribution is 2.23. The number of nitrogens with zero attached hydrogens (tertiary/aromatic N) is 1. The fourth-order valence-electron chi connectivity index (χ4n) is 2.56. The number of carbonyl (C=O) groups is 2. The zero-order valence-corrected chi connectivity index (χ0v) is 11.2. The number of rotatable bonds is 4. The van der Waals surface area contributed by atoms with Crippen molar-refractivity contribution in [3.8, 4) is 0 Å². The summed E-state index contributed by atoms with van der Waals surface area (Å²) in [6.07, 6.45) is 3.60. The van der Waals surface area contributed by atoms with Crippen molar-refractivity contribution in [2.75, 3.05) is 25.4 Å². The third-order valence-corrected chi connectivity index (χ3v) is 4.94. The molecule has 0 saturated carbocycles. The lowest BCUT2D eigenvalue weighted by Gasteiger charge is -2.25. The second kappa shape index (κ2) is 6.43. The van der Waals surface area contributed by atoms with E-state index in [9.17, 15) is 9.59 Å². The summed E-state index contributed by atoms with van der Waals surface area (Å²) >= 11 is 1.68. The molecule has 18 heavy (non-hydrogen) atoms. The van der Waals surface area contributed by atoms with Gasteiger partial charge in [0.2, 0.25) is 5.91 Å². The molecule has 0 spiro atoms. The Morgan fingerprint density at radius 1 is 1.28 bits per heavy atom. The van der Waals surface area contributed by atoms with Gasteiger partial charge in [0.25, 0.3) is 0 Å². The molecule has 0 aliphatic carbocycles. The molecule has 2 rings (SSSR count). The number of likely N-dealkylation sites (tertiary alicyclic amines) is 1. The van der Waals surface area contributed by atoms with Gasteiger partial charge in [0.05, 0.1) is 5.75 Å². The van der Waals surface area contributed by atoms with Gasteiger partial charge in [-0.3, -0.25) is 4.79 Å². The highest BCUT2D eigenvalue weighted by molar-refractivity contribution is 8.00. The van der Waals surface area contributed by atoms with Gasteiger partial charge in [-0.1, -0.05) is 0 Å². The van der Waals surface area contributed by atoms with E-state index in [-0.39, 0.29) is 5.91 Å². The van der Waals surface area contributed by atoms with Crippen molar-refractivity contribution < 1.29 is 14.7 Å². The van der Waals surface area contributed by atoms with E-state index in [1.165, 1.54) is 4.90 Å². The van der Waals surface area contributed by atoms with Gasteiger partial charge in [-0.2, -0.15) is 0 Å². The molecule has 5 nitrogen and oxygen atoms in total. The van der Waals surface area contributed by atoms with Gasteiger partial charge < -0.3 is 15.3 Å². The summed E-state index contributed by atoms with van der Waals surface area (Å²) < 4.78 is 0. The van der Waals surface area contributed by atoms with Gasteiger partial charge in [-0.15, -0.1) is 11.8 Å². The van der Waals surface area contributed by atoms with E-state index < -0.39 is 12.0 Å². The first-order valence-electron chi connectivity index (χ1n) is 6.53. The molecule has 2 aliphatic heterocycles. The van der Waals surface area contributed by atoms with Crippen LogP contribution >= 0.6 is 11.8 Å². The van der Waals surface area contributed by atoms with E-state index >= 15 is 0 Å². The molecule has 2 N–H and O–H groups in total. The quantitative estimate of drug-likeness (QED) is 0.782. The van der Waals surface area contributed by atoms with Crippen LogP contribution in [0.1, 0.15) is 25.7 Å². The first-order chi connectivity index (χ1) is 8.68. The minimum absolute atomic E-state index is 0.0107. The molecule has 0 aromatic carbocycles. The summed E-state index contributed by atoms with van der Waals surface area (Å²) in [6.45, 7) is 2.64. The maximum absolute atomic E-state index is 12.0. The van der Waals surface area contributed by atoms with Crippen molar-refractivity contribution in [1.82, 2.24) is 10.2 Å². The van der Waals surface area contributed by atoms with Gasteiger partial charge in [0.1, 0.15) is 6.04 Å². The molecule has 2 aliphatic rings. The number of piperidine rings is 1. The van der Waals surface area contributed by atoms with Gasteiger partial charge >= 0.3 is 5.97 Å². The summed E-state index contributed by atoms with van der Waals surface area (Å²) in [5.41, 5.74) is 0. The highest BCUT2D eigenvalue weighted by atomic mass is 32.2. The monoisotopic (exact) mass is 272 g/mol. The number of thioether (sulfide) groups is 1. The van der Waals surface area contributed by atoms with E-state index in [1.807, 2.05) is 0 Å². The van der Waals surface area contributed by atoms with Gasteiger partial charge in [0.15, 0.2) is 0 Å². The van der Waals surface area contributed by atoms with E-state index in [2.05, 4.69) is 5.32 Å². The van der Waals surface area contributed by atoms with Crippen LogP contribution in [0.25, 0.3) is 0 Å². The van der Waals surface area contributed by atoms with Crippen molar-refractivity contribution in [1.29, 1.82) is 0 Å². The molecule has 0 aromatic rings. The fourth-order valence-corrected chi connectivity index (χ4v) is 3.67. The van der Waals surface area contributed by atoms with Crippen LogP contribution in [0, 0.1) is 0 Å². The molecule has 2 saturated heterocycles. The fraction of sp³-hybridized carbons (Fsp3) is 0.833. The normalized spacial score (nSPS) is 25.3. The maximum Gasteiger partial charge on any atom is 0.326 e. The smallest absolute Gasteiger partial charge is 0.326 e. The molecular formula is C12H20N2O3S. The Labute approximate surface area is 111 Å². The van der Waals surface area contributed by atoms with Crippen LogP contribution in [0.15, 0.2) is 0 Å². The average Bonchev–Trinajstić information content (AvgIpc) is 2.86. The molecular weight excluding hydrogens is 252 g/mol. The van der Waals surface area contributed by atoms with Crippen molar-refractivity contribution in [2.24, 2.45) is 0 Å². The van der Waals surface area contributed by atoms with Gasteiger partial charge in [0, 0.05) is 11.8 Å². The van der Waals surface area contributed by atoms with Gasteiger partial charge in [-0.25, -0.2) is 4.79 Å². The van der Waals surface area contributed by atoms with Crippen molar-refractivity contribution in [3.63, 3.8) is 0 Å². The van der Waals surface area contributed by atoms with Crippen LogP contribution < -0.4 is 5.32 Å². The lowest BCUT2D eigenvalue weighted by Crippen LogP contribution is -2.41. The van der Waals surface area contributed by atoms with Crippen molar-refractivity contribution >= 4 is 23.6 Å². The molecule has 102 valence electrons. The van der Waals surface area contributed by atoms with Crippen LogP contribution in [0.2, 0.25) is 0 Å². The summed E-state index contributed by atoms with van der Waals surface area (Å²) in [5, 5.41) is 12.9. The second-order valence-electron chi connectivity index (χ2n) is 4.84. The Bertz CT molecular complexity index is 318. The molecule has 0 bridgehead atoms. The maximum atomic E-state index is 12.0. The summed E-state index contributed by atoms with van der Waals surface area (Å²) in [4.78, 5) is 24.6. The number of aliphatic carboxylic acids is 1. The lowest BCUT2D eigenvalue weighted by molar-refractivity contribution is -0.147. The van der Waals surface area contributed by atoms with Crippen LogP contribution in [0.5, 0.6) is 0 Å². The third-order valence-electron chi connectivity index (χ3n) is 3.59. The minimum Gasteiger partial charge on any atom is -0.480 e. The summed E-state index contributed by atoms with van der Waals surface area (Å²) in [5.74, 6) is -0.454. The number of hydrogen-bond acceptors (Lipinski definition) is 4. The second-order valence-corrected chi connectivity index (χ2v) is 6.13. The third kappa shape index (κ3) is 3.38. The Balaban J connectivity index is 1.78. The highest BCUT2D eigenvalue weighted by Gasteiger charge is 2.33. The molecule has 2 heterocycles. The number of carboxylic acid groups (broad SMARTS) is 1. The van der Waals surface area contributed by atoms with Crippen molar-refractivity contribution in [2.45, 2.75) is 37.0 Å². The van der Waals surface area contributed by atoms with Crippen LogP contribution in [0.3, 0.4) is 0 Å². The molecule has 2 fully saturated rings. The Morgan fingerprint density at radius 2 is 2.00 bits per heavy atom. The van der Waals surface area contributed by atoms with Gasteiger partial charge in [-0.05, 0) is 38.8 Å². The standard InChI is InChI=1S/C12H20N2O3S/c15-11(8-18-9-3-5-13-6-4-9)14-7-1-2-10(14)12(16)17/h9-10,13H,1-8H2,(H,16,17)/t10-/m1/s1. The van der Waals surface area contributed by atoms with Crippen LogP contribution in [-0.4, -0.2) is 58.6 Å². The first-order valence-corrected chi connectivity index (χ1v) is 7.58. The SMILES string of the molecule is O=C(O)[C@H]1CCCN1C(=O)CSC1CCNCC1. The number of hydrogen-bond donors (Lipinski definition) is 2. The number of carboxylic acids is 1. The number of amides is 1. The first kappa shape index (κ1) is 13.7. The predicted octanol–water partition coefficient (Wildman–Crippen LogP) is 0.547. The zero-order chi connectivity index (χ0) is 13.0. The van der Waals surface area contributed by atoms with E-state index in [0.29, 0.717) is 24.0 Å².